The number of para-hydroxylation sites is 2. The van der Waals surface area contributed by atoms with Crippen LogP contribution in [0.5, 0.6) is 0 Å². The van der Waals surface area contributed by atoms with Gasteiger partial charge >= 0.3 is 0 Å². The lowest BCUT2D eigenvalue weighted by molar-refractivity contribution is 0.765. The second kappa shape index (κ2) is 19.2. The molecule has 13 aromatic rings. The van der Waals surface area contributed by atoms with Crippen LogP contribution < -0.4 is 0 Å². The zero-order valence-electron chi connectivity index (χ0n) is 42.3. The molecule has 12 aromatic carbocycles. The summed E-state index contributed by atoms with van der Waals surface area (Å²) in [5.74, 6) is 0.224. The Kier molecular flexibility index (Phi) is 11.6. The molecule has 1 nitrogen and oxygen atoms in total. The SMILES string of the molecule is Brc1cccc(C2(c3ccccc3)c3ccccc3-c3ccccc32)c1.c1ccc(C2(c3cccc(C4c5ccccc5-c5ccccc54)c3)c3ccccc3-c3ccccc32)cc1.c1ccc2c(c1)[nH]c1ccccc12. The summed E-state index contributed by atoms with van der Waals surface area (Å²) in [7, 11) is 0. The van der Waals surface area contributed by atoms with Crippen molar-refractivity contribution in [2.24, 2.45) is 0 Å². The molecular weight excluding hydrogens is 995 g/mol. The van der Waals surface area contributed by atoms with Gasteiger partial charge in [0, 0.05) is 32.2 Å². The van der Waals surface area contributed by atoms with Gasteiger partial charge in [-0.3, -0.25) is 0 Å². The van der Waals surface area contributed by atoms with Crippen LogP contribution in [0.2, 0.25) is 0 Å². The molecule has 2 heteroatoms. The summed E-state index contributed by atoms with van der Waals surface area (Å²) in [5.41, 5.74) is 24.5. The molecule has 16 rings (SSSR count). The number of hydrogen-bond donors (Lipinski definition) is 1. The van der Waals surface area contributed by atoms with Gasteiger partial charge in [-0.1, -0.05) is 295 Å². The summed E-state index contributed by atoms with van der Waals surface area (Å²) >= 11 is 3.69. The fourth-order valence-corrected chi connectivity index (χ4v) is 13.8. The zero-order chi connectivity index (χ0) is 51.3. The molecule has 3 aliphatic rings. The first-order valence-corrected chi connectivity index (χ1v) is 27.4. The van der Waals surface area contributed by atoms with E-state index >= 15 is 0 Å². The smallest absolute Gasteiger partial charge is 0.0713 e. The van der Waals surface area contributed by atoms with Crippen molar-refractivity contribution in [2.45, 2.75) is 16.7 Å². The number of halogens is 1. The first kappa shape index (κ1) is 46.5. The maximum atomic E-state index is 3.69. The molecule has 0 amide bonds. The van der Waals surface area contributed by atoms with Gasteiger partial charge in [-0.2, -0.15) is 0 Å². The Hall–Kier alpha value is -9.08. The molecule has 1 aromatic heterocycles. The fraction of sp³-hybridized carbons (Fsp3) is 0.0400. The molecule has 364 valence electrons. The fourth-order valence-electron chi connectivity index (χ4n) is 13.4. The van der Waals surface area contributed by atoms with Crippen molar-refractivity contribution >= 4 is 37.7 Å². The first-order chi connectivity index (χ1) is 38.1. The van der Waals surface area contributed by atoms with Gasteiger partial charge in [-0.05, 0) is 119 Å². The van der Waals surface area contributed by atoms with Gasteiger partial charge in [0.15, 0.2) is 0 Å². The van der Waals surface area contributed by atoms with Crippen LogP contribution in [0.3, 0.4) is 0 Å². The van der Waals surface area contributed by atoms with E-state index in [1.165, 1.54) is 116 Å². The highest BCUT2D eigenvalue weighted by molar-refractivity contribution is 9.10. The Bertz CT molecular complexity index is 4130. The maximum Gasteiger partial charge on any atom is 0.0713 e. The van der Waals surface area contributed by atoms with Crippen molar-refractivity contribution in [3.63, 3.8) is 0 Å². The number of aromatic nitrogens is 1. The second-order valence-electron chi connectivity index (χ2n) is 20.4. The minimum atomic E-state index is -0.373. The quantitative estimate of drug-likeness (QED) is 0.177. The number of fused-ring (bicyclic) bond motifs is 12. The average Bonchev–Trinajstić information content (AvgIpc) is 4.45. The Morgan fingerprint density at radius 3 is 1.05 bits per heavy atom. The highest BCUT2D eigenvalue weighted by Crippen LogP contribution is 2.58. The third kappa shape index (κ3) is 7.42. The van der Waals surface area contributed by atoms with Gasteiger partial charge in [-0.25, -0.2) is 0 Å². The van der Waals surface area contributed by atoms with Crippen molar-refractivity contribution < 1.29 is 0 Å². The highest BCUT2D eigenvalue weighted by atomic mass is 79.9. The van der Waals surface area contributed by atoms with Crippen molar-refractivity contribution in [1.82, 2.24) is 4.98 Å². The van der Waals surface area contributed by atoms with Gasteiger partial charge in [0.1, 0.15) is 0 Å². The van der Waals surface area contributed by atoms with Crippen LogP contribution in [0.1, 0.15) is 67.1 Å². The Morgan fingerprint density at radius 2 is 0.610 bits per heavy atom. The lowest BCUT2D eigenvalue weighted by atomic mass is 9.67. The van der Waals surface area contributed by atoms with Crippen LogP contribution in [0.15, 0.2) is 308 Å². The van der Waals surface area contributed by atoms with E-state index in [0.717, 1.165) is 4.47 Å². The molecule has 0 saturated carbocycles. The predicted octanol–water partition coefficient (Wildman–Crippen LogP) is 19.3. The number of hydrogen-bond acceptors (Lipinski definition) is 0. The highest BCUT2D eigenvalue weighted by Gasteiger charge is 2.47. The van der Waals surface area contributed by atoms with E-state index in [2.05, 4.69) is 324 Å². The molecule has 0 aliphatic heterocycles. The Morgan fingerprint density at radius 1 is 0.273 bits per heavy atom. The van der Waals surface area contributed by atoms with Crippen molar-refractivity contribution in [3.05, 3.63) is 369 Å². The van der Waals surface area contributed by atoms with Gasteiger partial charge in [0.2, 0.25) is 0 Å². The molecule has 0 unspecified atom stereocenters. The van der Waals surface area contributed by atoms with Gasteiger partial charge in [0.25, 0.3) is 0 Å². The van der Waals surface area contributed by atoms with Crippen LogP contribution >= 0.6 is 15.9 Å². The van der Waals surface area contributed by atoms with Crippen LogP contribution in [0.25, 0.3) is 55.2 Å². The van der Waals surface area contributed by atoms with E-state index in [9.17, 15) is 0 Å². The summed E-state index contributed by atoms with van der Waals surface area (Å²) in [4.78, 5) is 3.38. The third-order valence-corrected chi connectivity index (χ3v) is 17.0. The first-order valence-electron chi connectivity index (χ1n) is 26.6. The summed E-state index contributed by atoms with van der Waals surface area (Å²) in [6.07, 6.45) is 0. The largest absolute Gasteiger partial charge is 0.355 e. The summed E-state index contributed by atoms with van der Waals surface area (Å²) < 4.78 is 1.10. The second-order valence-corrected chi connectivity index (χ2v) is 21.3. The molecule has 0 radical (unpaired) electrons. The van der Waals surface area contributed by atoms with Crippen LogP contribution in [0, 0.1) is 0 Å². The molecule has 77 heavy (non-hydrogen) atoms. The monoisotopic (exact) mass is 1050 g/mol. The molecule has 0 atom stereocenters. The van der Waals surface area contributed by atoms with Crippen molar-refractivity contribution in [1.29, 1.82) is 0 Å². The van der Waals surface area contributed by atoms with Gasteiger partial charge in [0.05, 0.1) is 10.8 Å². The number of H-pyrrole nitrogens is 1. The molecule has 3 aliphatic carbocycles. The van der Waals surface area contributed by atoms with Gasteiger partial charge in [-0.15, -0.1) is 0 Å². The van der Waals surface area contributed by atoms with Crippen LogP contribution in [0.4, 0.5) is 0 Å². The molecule has 0 saturated heterocycles. The molecule has 1 heterocycles. The van der Waals surface area contributed by atoms with Crippen LogP contribution in [-0.2, 0) is 10.8 Å². The lowest BCUT2D eigenvalue weighted by Crippen LogP contribution is -2.28. The number of nitrogens with one attached hydrogen (secondary N) is 1. The van der Waals surface area contributed by atoms with E-state index in [-0.39, 0.29) is 16.7 Å². The minimum Gasteiger partial charge on any atom is -0.355 e. The number of rotatable bonds is 5. The standard InChI is InChI=1S/C38H26.C25H17Br.C12H9N/c1-2-14-27(15-3-1)38(35-23-10-8-19-31(35)32-20-9-11-24-36(32)38)28-16-12-13-26(25-28)37-33-21-6-4-17-29(33)30-18-5-7-22-34(30)37;26-20-12-8-11-19(17-20)25(18-9-2-1-3-10-18)23-15-6-4-13-21(23)22-14-5-7-16-24(22)25;1-3-7-11-9(5-1)10-6-2-4-8-12(10)13-11/h1-25,37H;1-17H;1-8,13H. The molecule has 0 bridgehead atoms. The molecule has 1 N–H and O–H groups in total. The predicted molar refractivity (Wildman–Crippen MR) is 324 cm³/mol. The van der Waals surface area contributed by atoms with Crippen molar-refractivity contribution in [3.8, 4) is 33.4 Å². The lowest BCUT2D eigenvalue weighted by Gasteiger charge is -2.34. The maximum absolute atomic E-state index is 3.69. The van der Waals surface area contributed by atoms with E-state index < -0.39 is 0 Å². The van der Waals surface area contributed by atoms with E-state index in [4.69, 9.17) is 0 Å². The molecule has 0 fully saturated rings. The topological polar surface area (TPSA) is 15.8 Å². The van der Waals surface area contributed by atoms with E-state index in [1.807, 2.05) is 0 Å². The Labute approximate surface area is 459 Å². The number of benzene rings is 12. The Balaban J connectivity index is 0.000000119. The van der Waals surface area contributed by atoms with Crippen LogP contribution in [-0.4, -0.2) is 4.98 Å². The van der Waals surface area contributed by atoms with Crippen molar-refractivity contribution in [2.75, 3.05) is 0 Å². The number of aromatic amines is 1. The van der Waals surface area contributed by atoms with E-state index in [0.29, 0.717) is 0 Å². The summed E-state index contributed by atoms with van der Waals surface area (Å²) in [6.45, 7) is 0. The minimum absolute atomic E-state index is 0.224. The zero-order valence-corrected chi connectivity index (χ0v) is 43.9. The summed E-state index contributed by atoms with van der Waals surface area (Å²) in [5, 5.41) is 2.61. The third-order valence-electron chi connectivity index (χ3n) is 16.5. The summed E-state index contributed by atoms with van der Waals surface area (Å²) in [6, 6.07) is 110. The van der Waals surface area contributed by atoms with E-state index in [1.54, 1.807) is 0 Å². The normalized spacial score (nSPS) is 13.7. The molecule has 0 spiro atoms. The molecular formula is C75H52BrN. The van der Waals surface area contributed by atoms with Gasteiger partial charge < -0.3 is 4.98 Å². The average molecular weight is 1050 g/mol.